The first-order valence-electron chi connectivity index (χ1n) is 11.1. The molecule has 182 valence electrons. The van der Waals surface area contributed by atoms with E-state index in [9.17, 15) is 14.0 Å². The Hall–Kier alpha value is -3.59. The maximum absolute atomic E-state index is 13.5. The summed E-state index contributed by atoms with van der Waals surface area (Å²) in [5.74, 6) is -0.417. The van der Waals surface area contributed by atoms with Crippen LogP contribution in [-0.2, 0) is 11.2 Å². The lowest BCUT2D eigenvalue weighted by molar-refractivity contribution is -0.129. The van der Waals surface area contributed by atoms with Crippen molar-refractivity contribution in [3.63, 3.8) is 0 Å². The predicted octanol–water partition coefficient (Wildman–Crippen LogP) is 4.01. The van der Waals surface area contributed by atoms with Crippen LogP contribution in [0.3, 0.4) is 0 Å². The third-order valence-corrected chi connectivity index (χ3v) is 6.87. The number of hydrogen-bond acceptors (Lipinski definition) is 7. The van der Waals surface area contributed by atoms with E-state index in [1.165, 1.54) is 38.5 Å². The Morgan fingerprint density at radius 1 is 1.26 bits per heavy atom. The van der Waals surface area contributed by atoms with Crippen molar-refractivity contribution in [3.8, 4) is 17.2 Å². The summed E-state index contributed by atoms with van der Waals surface area (Å²) in [6, 6.07) is 5.89. The second-order valence-corrected chi connectivity index (χ2v) is 9.00. The van der Waals surface area contributed by atoms with E-state index in [0.29, 0.717) is 41.9 Å². The Bertz CT molecular complexity index is 1400. The number of Topliss-reactive ketones (excluding diaryl/α,β-unsaturated/α-hetero) is 1. The molecule has 0 amide bonds. The minimum atomic E-state index is -1.71. The molecule has 0 radical (unpaired) electrons. The van der Waals surface area contributed by atoms with Crippen molar-refractivity contribution in [1.29, 1.82) is 0 Å². The van der Waals surface area contributed by atoms with Crippen molar-refractivity contribution in [2.75, 3.05) is 20.8 Å². The van der Waals surface area contributed by atoms with Crippen molar-refractivity contribution >= 4 is 34.2 Å². The largest absolute Gasteiger partial charge is 0.496 e. The summed E-state index contributed by atoms with van der Waals surface area (Å²) in [5.41, 5.74) is 0.443. The molecule has 1 aliphatic heterocycles. The zero-order valence-electron chi connectivity index (χ0n) is 19.3. The van der Waals surface area contributed by atoms with Gasteiger partial charge in [0.15, 0.2) is 5.75 Å². The van der Waals surface area contributed by atoms with Gasteiger partial charge in [-0.25, -0.2) is 9.37 Å². The number of fused-ring (bicyclic) bond motifs is 2. The van der Waals surface area contributed by atoms with Crippen molar-refractivity contribution in [3.05, 3.63) is 58.3 Å². The van der Waals surface area contributed by atoms with Crippen LogP contribution >= 0.6 is 11.6 Å². The van der Waals surface area contributed by atoms with Crippen molar-refractivity contribution in [2.24, 2.45) is 5.92 Å². The molecular weight excluding hydrogens is 477 g/mol. The van der Waals surface area contributed by atoms with Crippen LogP contribution in [0.25, 0.3) is 11.0 Å². The lowest BCUT2D eigenvalue weighted by Crippen LogP contribution is -2.55. The first-order valence-corrected chi connectivity index (χ1v) is 11.5. The number of ether oxygens (including phenoxy) is 3. The first kappa shape index (κ1) is 23.2. The fraction of sp³-hybridized carbons (Fsp3) is 0.320. The Morgan fingerprint density at radius 2 is 2.03 bits per heavy atom. The fourth-order valence-corrected chi connectivity index (χ4v) is 5.01. The number of hydrogen-bond donors (Lipinski definition) is 2. The summed E-state index contributed by atoms with van der Waals surface area (Å²) in [4.78, 5) is 34.4. The molecule has 2 heterocycles. The Labute approximate surface area is 205 Å². The van der Waals surface area contributed by atoms with Gasteiger partial charge < -0.3 is 24.5 Å². The molecule has 0 bridgehead atoms. The molecule has 0 unspecified atom stereocenters. The average Bonchev–Trinajstić information content (AvgIpc) is 3.37. The highest BCUT2D eigenvalue weighted by Gasteiger charge is 2.60. The van der Waals surface area contributed by atoms with Gasteiger partial charge in [-0.2, -0.15) is 0 Å². The summed E-state index contributed by atoms with van der Waals surface area (Å²) >= 11 is 6.41. The van der Waals surface area contributed by atoms with Gasteiger partial charge >= 0.3 is 0 Å². The van der Waals surface area contributed by atoms with Crippen LogP contribution in [0.4, 0.5) is 4.39 Å². The van der Waals surface area contributed by atoms with Gasteiger partial charge in [0.2, 0.25) is 17.2 Å². The van der Waals surface area contributed by atoms with E-state index in [1.54, 1.807) is 13.0 Å². The van der Waals surface area contributed by atoms with E-state index in [1.807, 2.05) is 0 Å². The first-order chi connectivity index (χ1) is 16.8. The van der Waals surface area contributed by atoms with E-state index in [4.69, 9.17) is 25.8 Å². The molecular formula is C25H23ClFN3O5. The van der Waals surface area contributed by atoms with Gasteiger partial charge in [-0.05, 0) is 24.6 Å². The molecule has 0 fully saturated rings. The molecule has 1 aliphatic carbocycles. The third kappa shape index (κ3) is 3.61. The quantitative estimate of drug-likeness (QED) is 0.494. The maximum Gasteiger partial charge on any atom is 0.236 e. The third-order valence-electron chi connectivity index (χ3n) is 6.52. The highest BCUT2D eigenvalue weighted by Crippen LogP contribution is 2.52. The second kappa shape index (κ2) is 8.57. The molecule has 2 aromatic carbocycles. The number of nitrogens with one attached hydrogen (secondary N) is 2. The normalized spacial score (nSPS) is 21.2. The van der Waals surface area contributed by atoms with E-state index < -0.39 is 23.1 Å². The zero-order chi connectivity index (χ0) is 24.9. The van der Waals surface area contributed by atoms with E-state index in [2.05, 4.69) is 15.3 Å². The van der Waals surface area contributed by atoms with E-state index in [-0.39, 0.29) is 33.7 Å². The summed E-state index contributed by atoms with van der Waals surface area (Å²) < 4.78 is 30.1. The standard InChI is InChI=1S/C25H23ClFN3O5/c1-12-8-14(28-7-6-20-29-15-5-4-13(27)9-16(15)30-20)10-19(31)25(12)24(32)21-17(33-2)11-18(34-3)22(26)23(21)35-25/h4-5,9-12,28H,6-8H2,1-3H3,(H,29,30)/t12-,25+/m1/s1. The Balaban J connectivity index is 1.35. The number of nitrogens with zero attached hydrogens (tertiary/aromatic N) is 1. The van der Waals surface area contributed by atoms with Crippen LogP contribution in [0.1, 0.15) is 29.5 Å². The molecule has 1 spiro atoms. The van der Waals surface area contributed by atoms with Gasteiger partial charge in [-0.3, -0.25) is 9.59 Å². The van der Waals surface area contributed by atoms with Crippen LogP contribution in [0.5, 0.6) is 17.2 Å². The number of H-pyrrole nitrogens is 1. The number of rotatable bonds is 6. The van der Waals surface area contributed by atoms with Crippen LogP contribution in [0.15, 0.2) is 36.0 Å². The van der Waals surface area contributed by atoms with Gasteiger partial charge in [0.05, 0.1) is 25.3 Å². The molecule has 3 aromatic rings. The molecule has 8 nitrogen and oxygen atoms in total. The number of carbonyl (C=O) groups excluding carboxylic acids is 2. The number of aromatic nitrogens is 2. The molecule has 2 atom stereocenters. The monoisotopic (exact) mass is 499 g/mol. The Morgan fingerprint density at radius 3 is 2.74 bits per heavy atom. The number of ketones is 2. The fourth-order valence-electron chi connectivity index (χ4n) is 4.75. The molecule has 35 heavy (non-hydrogen) atoms. The molecule has 0 saturated heterocycles. The number of imidazole rings is 1. The topological polar surface area (TPSA) is 103 Å². The zero-order valence-corrected chi connectivity index (χ0v) is 20.1. The summed E-state index contributed by atoms with van der Waals surface area (Å²) in [5, 5.41) is 3.37. The van der Waals surface area contributed by atoms with E-state index >= 15 is 0 Å². The van der Waals surface area contributed by atoms with Crippen molar-refractivity contribution in [1.82, 2.24) is 15.3 Å². The molecule has 10 heteroatoms. The average molecular weight is 500 g/mol. The molecule has 2 aliphatic rings. The smallest absolute Gasteiger partial charge is 0.236 e. The summed E-state index contributed by atoms with van der Waals surface area (Å²) in [7, 11) is 2.87. The number of carbonyl (C=O) groups is 2. The van der Waals surface area contributed by atoms with Crippen molar-refractivity contribution in [2.45, 2.75) is 25.4 Å². The predicted molar refractivity (Wildman–Crippen MR) is 127 cm³/mol. The number of benzene rings is 2. The van der Waals surface area contributed by atoms with Crippen LogP contribution in [0.2, 0.25) is 5.02 Å². The number of allylic oxidation sites excluding steroid dienone is 1. The summed E-state index contributed by atoms with van der Waals surface area (Å²) in [6.07, 6.45) is 2.36. The highest BCUT2D eigenvalue weighted by molar-refractivity contribution is 6.36. The van der Waals surface area contributed by atoms with Gasteiger partial charge in [-0.15, -0.1) is 0 Å². The molecule has 0 saturated carbocycles. The lowest BCUT2D eigenvalue weighted by atomic mass is 9.74. The number of aromatic amines is 1. The van der Waals surface area contributed by atoms with Gasteiger partial charge in [0.25, 0.3) is 0 Å². The maximum atomic E-state index is 13.5. The van der Waals surface area contributed by atoms with Gasteiger partial charge in [0, 0.05) is 36.7 Å². The Kier molecular flexibility index (Phi) is 5.67. The molecule has 1 aromatic heterocycles. The SMILES string of the molecule is COc1cc(OC)c2c(c1Cl)O[C@@]1(C(=O)C=C(NCCc3nc4ccc(F)cc4[nH]3)C[C@H]1C)C2=O. The minimum absolute atomic E-state index is 0.0965. The molecule has 2 N–H and O–H groups in total. The molecule has 5 rings (SSSR count). The van der Waals surface area contributed by atoms with E-state index in [0.717, 1.165) is 0 Å². The number of methoxy groups -OCH3 is 2. The van der Waals surface area contributed by atoms with Gasteiger partial charge in [0.1, 0.15) is 33.7 Å². The van der Waals surface area contributed by atoms with Crippen LogP contribution < -0.4 is 19.5 Å². The highest BCUT2D eigenvalue weighted by atomic mass is 35.5. The van der Waals surface area contributed by atoms with Crippen molar-refractivity contribution < 1.29 is 28.2 Å². The second-order valence-electron chi connectivity index (χ2n) is 8.63. The van der Waals surface area contributed by atoms with Crippen LogP contribution in [0, 0.1) is 11.7 Å². The summed E-state index contributed by atoms with van der Waals surface area (Å²) in [6.45, 7) is 2.29. The lowest BCUT2D eigenvalue weighted by Gasteiger charge is -2.35. The number of halogens is 2. The van der Waals surface area contributed by atoms with Gasteiger partial charge in [-0.1, -0.05) is 18.5 Å². The van der Waals surface area contributed by atoms with Crippen LogP contribution in [-0.4, -0.2) is 47.9 Å². The minimum Gasteiger partial charge on any atom is -0.496 e.